The van der Waals surface area contributed by atoms with Crippen LogP contribution < -0.4 is 0 Å². The van der Waals surface area contributed by atoms with Crippen molar-refractivity contribution < 1.29 is 0 Å². The predicted molar refractivity (Wildman–Crippen MR) is 135 cm³/mol. The van der Waals surface area contributed by atoms with Gasteiger partial charge in [-0.1, -0.05) is 96.1 Å². The van der Waals surface area contributed by atoms with Crippen LogP contribution in [0.25, 0.3) is 28.2 Å². The molecule has 5 rings (SSSR count). The van der Waals surface area contributed by atoms with Crippen molar-refractivity contribution in [3.63, 3.8) is 0 Å². The van der Waals surface area contributed by atoms with E-state index in [-0.39, 0.29) is 5.41 Å². The summed E-state index contributed by atoms with van der Waals surface area (Å²) in [5.41, 5.74) is 10.9. The Hall–Kier alpha value is -3.13. The molecule has 0 amide bonds. The Kier molecular flexibility index (Phi) is 4.85. The van der Waals surface area contributed by atoms with E-state index in [0.717, 1.165) is 11.4 Å². The van der Waals surface area contributed by atoms with Crippen molar-refractivity contribution in [2.45, 2.75) is 58.8 Å². The highest BCUT2D eigenvalue weighted by Crippen LogP contribution is 2.54. The van der Waals surface area contributed by atoms with Gasteiger partial charge in [0.1, 0.15) is 5.82 Å². The van der Waals surface area contributed by atoms with Crippen LogP contribution in [0, 0.1) is 0 Å². The number of hydrogen-bond acceptors (Lipinski definition) is 1. The molecule has 1 aliphatic rings. The van der Waals surface area contributed by atoms with Gasteiger partial charge in [0.05, 0.1) is 5.69 Å². The van der Waals surface area contributed by atoms with Crippen LogP contribution in [0.3, 0.4) is 0 Å². The van der Waals surface area contributed by atoms with E-state index < -0.39 is 0 Å². The van der Waals surface area contributed by atoms with E-state index in [1.807, 2.05) is 6.20 Å². The number of nitrogens with zero attached hydrogens (tertiary/aromatic N) is 2. The molecule has 0 N–H and O–H groups in total. The molecule has 0 spiro atoms. The lowest BCUT2D eigenvalue weighted by Gasteiger charge is -2.30. The van der Waals surface area contributed by atoms with Crippen LogP contribution in [-0.2, 0) is 5.41 Å². The van der Waals surface area contributed by atoms with Crippen LogP contribution in [0.5, 0.6) is 0 Å². The third-order valence-electron chi connectivity index (χ3n) is 7.00. The monoisotopic (exact) mass is 420 g/mol. The van der Waals surface area contributed by atoms with Crippen LogP contribution in [-0.4, -0.2) is 9.55 Å². The van der Waals surface area contributed by atoms with Gasteiger partial charge in [-0.3, -0.25) is 4.57 Å². The molecule has 1 aromatic heterocycles. The fourth-order valence-corrected chi connectivity index (χ4v) is 5.55. The van der Waals surface area contributed by atoms with Crippen molar-refractivity contribution in [2.24, 2.45) is 0 Å². The first-order chi connectivity index (χ1) is 15.3. The van der Waals surface area contributed by atoms with Crippen LogP contribution >= 0.6 is 0 Å². The molecule has 1 heterocycles. The summed E-state index contributed by atoms with van der Waals surface area (Å²) in [5.74, 6) is 1.79. The molecule has 0 bridgehead atoms. The third kappa shape index (κ3) is 2.97. The fourth-order valence-electron chi connectivity index (χ4n) is 5.55. The van der Waals surface area contributed by atoms with Crippen LogP contribution in [0.4, 0.5) is 0 Å². The molecule has 2 heteroatoms. The van der Waals surface area contributed by atoms with Crippen molar-refractivity contribution in [1.29, 1.82) is 0 Å². The van der Waals surface area contributed by atoms with Crippen molar-refractivity contribution >= 4 is 0 Å². The lowest BCUT2D eigenvalue weighted by molar-refractivity contribution is 0.639. The Morgan fingerprint density at radius 2 is 1.50 bits per heavy atom. The molecule has 3 aromatic carbocycles. The van der Waals surface area contributed by atoms with Crippen LogP contribution in [0.2, 0.25) is 0 Å². The zero-order chi connectivity index (χ0) is 22.6. The number of fused-ring (bicyclic) bond motifs is 3. The summed E-state index contributed by atoms with van der Waals surface area (Å²) < 4.78 is 2.33. The summed E-state index contributed by atoms with van der Waals surface area (Å²) in [5, 5.41) is 0. The van der Waals surface area contributed by atoms with Crippen LogP contribution in [0.1, 0.15) is 75.6 Å². The van der Waals surface area contributed by atoms with E-state index >= 15 is 0 Å². The Balaban J connectivity index is 1.90. The van der Waals surface area contributed by atoms with Gasteiger partial charge in [0.15, 0.2) is 0 Å². The van der Waals surface area contributed by atoms with Gasteiger partial charge in [-0.2, -0.15) is 0 Å². The maximum absolute atomic E-state index is 4.80. The minimum absolute atomic E-state index is 0.0384. The standard InChI is InChI=1S/C30H32N2/c1-19(2)23-18-24-22-14-10-11-15-25(22)30(5,6)27(24)26(20(3)4)28(23)32-17-16-31-29(32)21-12-8-7-9-13-21/h7-20H,1-6H3. The summed E-state index contributed by atoms with van der Waals surface area (Å²) in [4.78, 5) is 4.80. The number of aromatic nitrogens is 2. The van der Waals surface area contributed by atoms with Gasteiger partial charge in [0, 0.05) is 23.4 Å². The average molecular weight is 421 g/mol. The minimum Gasteiger partial charge on any atom is -0.299 e. The molecule has 0 aliphatic heterocycles. The first kappa shape index (κ1) is 20.8. The smallest absolute Gasteiger partial charge is 0.144 e. The second kappa shape index (κ2) is 7.48. The molecule has 0 saturated heterocycles. The van der Waals surface area contributed by atoms with E-state index in [0.29, 0.717) is 11.8 Å². The number of benzene rings is 3. The molecule has 0 saturated carbocycles. The summed E-state index contributed by atoms with van der Waals surface area (Å²) in [7, 11) is 0. The largest absolute Gasteiger partial charge is 0.299 e. The Morgan fingerprint density at radius 3 is 2.19 bits per heavy atom. The second-order valence-electron chi connectivity index (χ2n) is 10.1. The molecular weight excluding hydrogens is 388 g/mol. The van der Waals surface area contributed by atoms with E-state index in [1.54, 1.807) is 0 Å². The topological polar surface area (TPSA) is 17.8 Å². The first-order valence-electron chi connectivity index (χ1n) is 11.7. The third-order valence-corrected chi connectivity index (χ3v) is 7.00. The molecule has 1 aliphatic carbocycles. The average Bonchev–Trinajstić information content (AvgIpc) is 3.35. The molecule has 32 heavy (non-hydrogen) atoms. The Morgan fingerprint density at radius 1 is 0.812 bits per heavy atom. The molecule has 0 atom stereocenters. The van der Waals surface area contributed by atoms with Crippen molar-refractivity contribution in [2.75, 3.05) is 0 Å². The maximum atomic E-state index is 4.80. The number of hydrogen-bond donors (Lipinski definition) is 0. The predicted octanol–water partition coefficient (Wildman–Crippen LogP) is 8.09. The van der Waals surface area contributed by atoms with Gasteiger partial charge in [-0.15, -0.1) is 0 Å². The van der Waals surface area contributed by atoms with E-state index in [4.69, 9.17) is 4.98 Å². The molecule has 0 fully saturated rings. The molecule has 4 aromatic rings. The van der Waals surface area contributed by atoms with Gasteiger partial charge in [0.25, 0.3) is 0 Å². The van der Waals surface area contributed by atoms with Crippen molar-refractivity contribution in [1.82, 2.24) is 9.55 Å². The van der Waals surface area contributed by atoms with Gasteiger partial charge in [0.2, 0.25) is 0 Å². The highest BCUT2D eigenvalue weighted by molar-refractivity contribution is 5.85. The maximum Gasteiger partial charge on any atom is 0.144 e. The number of imidazole rings is 1. The quantitative estimate of drug-likeness (QED) is 0.326. The zero-order valence-corrected chi connectivity index (χ0v) is 20.0. The molecule has 0 radical (unpaired) electrons. The van der Waals surface area contributed by atoms with E-state index in [2.05, 4.69) is 113 Å². The molecule has 2 nitrogen and oxygen atoms in total. The zero-order valence-electron chi connectivity index (χ0n) is 20.0. The lowest BCUT2D eigenvalue weighted by Crippen LogP contribution is -2.20. The molecule has 0 unspecified atom stereocenters. The van der Waals surface area contributed by atoms with Crippen LogP contribution in [0.15, 0.2) is 73.1 Å². The van der Waals surface area contributed by atoms with Crippen molar-refractivity contribution in [3.05, 3.63) is 95.3 Å². The van der Waals surface area contributed by atoms with E-state index in [1.165, 1.54) is 39.1 Å². The second-order valence-corrected chi connectivity index (χ2v) is 10.1. The van der Waals surface area contributed by atoms with Crippen molar-refractivity contribution in [3.8, 4) is 28.2 Å². The SMILES string of the molecule is CC(C)c1cc2c(c(C(C)C)c1-n1ccnc1-c1ccccc1)C(C)(C)c1ccccc1-2. The molecular formula is C30H32N2. The fraction of sp³-hybridized carbons (Fsp3) is 0.300. The summed E-state index contributed by atoms with van der Waals surface area (Å²) in [6.07, 6.45) is 4.07. The number of rotatable bonds is 4. The van der Waals surface area contributed by atoms with Gasteiger partial charge in [-0.25, -0.2) is 4.98 Å². The summed E-state index contributed by atoms with van der Waals surface area (Å²) >= 11 is 0. The summed E-state index contributed by atoms with van der Waals surface area (Å²) in [6.45, 7) is 14.0. The Bertz CT molecular complexity index is 1290. The highest BCUT2D eigenvalue weighted by Gasteiger charge is 2.40. The summed E-state index contributed by atoms with van der Waals surface area (Å²) in [6, 6.07) is 21.9. The molecule has 162 valence electrons. The normalized spacial score (nSPS) is 14.1. The lowest BCUT2D eigenvalue weighted by atomic mass is 9.76. The van der Waals surface area contributed by atoms with Gasteiger partial charge < -0.3 is 0 Å². The van der Waals surface area contributed by atoms with Gasteiger partial charge in [-0.05, 0) is 51.3 Å². The minimum atomic E-state index is -0.0384. The van der Waals surface area contributed by atoms with Gasteiger partial charge >= 0.3 is 0 Å². The Labute approximate surface area is 192 Å². The highest BCUT2D eigenvalue weighted by atomic mass is 15.1. The first-order valence-corrected chi connectivity index (χ1v) is 11.7. The van der Waals surface area contributed by atoms with E-state index in [9.17, 15) is 0 Å².